The van der Waals surface area contributed by atoms with Crippen LogP contribution in [-0.4, -0.2) is 50.9 Å². The second-order valence-electron chi connectivity index (χ2n) is 10.7. The van der Waals surface area contributed by atoms with Gasteiger partial charge in [-0.15, -0.1) is 0 Å². The van der Waals surface area contributed by atoms with Crippen molar-refractivity contribution in [3.05, 3.63) is 89.5 Å². The van der Waals surface area contributed by atoms with Crippen LogP contribution < -0.4 is 14.4 Å². The number of carbonyl (C=O) groups is 2. The molecule has 3 aromatic carbocycles. The Morgan fingerprint density at radius 3 is 2.22 bits per heavy atom. The van der Waals surface area contributed by atoms with E-state index in [1.165, 1.54) is 4.90 Å². The lowest BCUT2D eigenvalue weighted by Gasteiger charge is -2.32. The number of nitrogens with zero attached hydrogens (tertiary/aromatic N) is 2. The molecule has 0 heterocycles. The van der Waals surface area contributed by atoms with Crippen LogP contribution in [0, 0.1) is 13.8 Å². The zero-order valence-electron chi connectivity index (χ0n) is 24.2. The van der Waals surface area contributed by atoms with E-state index in [2.05, 4.69) is 5.32 Å². The molecule has 218 valence electrons. The Morgan fingerprint density at radius 2 is 1.61 bits per heavy atom. The van der Waals surface area contributed by atoms with Gasteiger partial charge in [0.25, 0.3) is 10.0 Å². The molecule has 0 aromatic heterocycles. The number of ether oxygens (including phenoxy) is 1. The van der Waals surface area contributed by atoms with Crippen LogP contribution in [0.2, 0.25) is 0 Å². The molecular weight excluding hydrogens is 538 g/mol. The highest BCUT2D eigenvalue weighted by atomic mass is 32.2. The molecule has 0 spiro atoms. The van der Waals surface area contributed by atoms with Crippen LogP contribution in [0.15, 0.2) is 77.7 Å². The van der Waals surface area contributed by atoms with Crippen LogP contribution in [-0.2, 0) is 26.2 Å². The summed E-state index contributed by atoms with van der Waals surface area (Å²) in [6, 6.07) is 20.1. The maximum atomic E-state index is 14.1. The number of hydrogen-bond donors (Lipinski definition) is 1. The average Bonchev–Trinajstić information content (AvgIpc) is 3.47. The largest absolute Gasteiger partial charge is 0.497 e. The molecule has 2 amide bonds. The van der Waals surface area contributed by atoms with E-state index in [1.807, 2.05) is 32.0 Å². The fourth-order valence-electron chi connectivity index (χ4n) is 5.05. The molecule has 41 heavy (non-hydrogen) atoms. The summed E-state index contributed by atoms with van der Waals surface area (Å²) < 4.78 is 34.3. The highest BCUT2D eigenvalue weighted by molar-refractivity contribution is 7.92. The normalized spacial score (nSPS) is 14.3. The first kappa shape index (κ1) is 30.1. The summed E-state index contributed by atoms with van der Waals surface area (Å²) in [5.41, 5.74) is 2.96. The number of amides is 2. The van der Waals surface area contributed by atoms with Crippen molar-refractivity contribution in [2.45, 2.75) is 70.0 Å². The highest BCUT2D eigenvalue weighted by Gasteiger charge is 2.33. The van der Waals surface area contributed by atoms with E-state index in [0.717, 1.165) is 46.7 Å². The fourth-order valence-corrected chi connectivity index (χ4v) is 6.46. The van der Waals surface area contributed by atoms with Crippen LogP contribution in [0.4, 0.5) is 5.69 Å². The third-order valence-electron chi connectivity index (χ3n) is 7.56. The molecule has 8 nitrogen and oxygen atoms in total. The number of methoxy groups -OCH3 is 1. The lowest BCUT2D eigenvalue weighted by atomic mass is 10.1. The quantitative estimate of drug-likeness (QED) is 0.347. The van der Waals surface area contributed by atoms with Gasteiger partial charge in [0.15, 0.2) is 0 Å². The van der Waals surface area contributed by atoms with Crippen LogP contribution in [0.25, 0.3) is 0 Å². The van der Waals surface area contributed by atoms with Gasteiger partial charge < -0.3 is 15.0 Å². The van der Waals surface area contributed by atoms with Crippen molar-refractivity contribution in [3.8, 4) is 5.75 Å². The van der Waals surface area contributed by atoms with Gasteiger partial charge in [0.05, 0.1) is 17.7 Å². The summed E-state index contributed by atoms with van der Waals surface area (Å²) in [6.07, 6.45) is 3.97. The predicted octanol–water partition coefficient (Wildman–Crippen LogP) is 4.98. The number of carbonyl (C=O) groups excluding carboxylic acids is 2. The molecule has 0 bridgehead atoms. The third kappa shape index (κ3) is 7.47. The first-order valence-electron chi connectivity index (χ1n) is 14.0. The van der Waals surface area contributed by atoms with Gasteiger partial charge in [0.2, 0.25) is 11.8 Å². The standard InChI is InChI=1S/C32H39N3O5S/c1-23-12-18-30(19-13-23)41(38,39)35(28-11-7-8-24(2)20-28)22-31(36)34(21-26-14-16-29(40-4)17-15-26)25(3)32(37)33-27-9-5-6-10-27/h7-8,11-20,25,27H,5-6,9-10,21-22H2,1-4H3,(H,33,37). The van der Waals surface area contributed by atoms with Gasteiger partial charge in [-0.1, -0.05) is 54.8 Å². The summed E-state index contributed by atoms with van der Waals surface area (Å²) in [7, 11) is -2.52. The van der Waals surface area contributed by atoms with Crippen molar-refractivity contribution in [2.75, 3.05) is 18.0 Å². The number of rotatable bonds is 11. The van der Waals surface area contributed by atoms with Gasteiger partial charge in [-0.2, -0.15) is 0 Å². The Hall–Kier alpha value is -3.85. The van der Waals surface area contributed by atoms with Crippen molar-refractivity contribution in [1.82, 2.24) is 10.2 Å². The van der Waals surface area contributed by atoms with E-state index in [4.69, 9.17) is 4.74 Å². The molecule has 0 saturated heterocycles. The molecule has 1 aliphatic rings. The molecule has 1 atom stereocenters. The Labute approximate surface area is 243 Å². The smallest absolute Gasteiger partial charge is 0.264 e. The topological polar surface area (TPSA) is 96.0 Å². The van der Waals surface area contributed by atoms with Crippen LogP contribution in [0.3, 0.4) is 0 Å². The van der Waals surface area contributed by atoms with Crippen molar-refractivity contribution >= 4 is 27.5 Å². The molecular formula is C32H39N3O5S. The maximum absolute atomic E-state index is 14.1. The zero-order chi connectivity index (χ0) is 29.6. The van der Waals surface area contributed by atoms with Gasteiger partial charge in [0, 0.05) is 12.6 Å². The molecule has 1 fully saturated rings. The second-order valence-corrected chi connectivity index (χ2v) is 12.6. The molecule has 1 saturated carbocycles. The first-order chi connectivity index (χ1) is 19.6. The number of nitrogens with one attached hydrogen (secondary N) is 1. The minimum atomic E-state index is -4.09. The second kappa shape index (κ2) is 13.2. The monoisotopic (exact) mass is 577 g/mol. The van der Waals surface area contributed by atoms with E-state index in [0.29, 0.717) is 11.4 Å². The summed E-state index contributed by atoms with van der Waals surface area (Å²) in [4.78, 5) is 28.9. The first-order valence-corrected chi connectivity index (χ1v) is 15.4. The van der Waals surface area contributed by atoms with E-state index in [9.17, 15) is 18.0 Å². The number of hydrogen-bond acceptors (Lipinski definition) is 5. The third-order valence-corrected chi connectivity index (χ3v) is 9.35. The van der Waals surface area contributed by atoms with E-state index in [1.54, 1.807) is 68.6 Å². The molecule has 1 N–H and O–H groups in total. The van der Waals surface area contributed by atoms with E-state index >= 15 is 0 Å². The number of sulfonamides is 1. The zero-order valence-corrected chi connectivity index (χ0v) is 25.0. The number of aryl methyl sites for hydroxylation is 2. The van der Waals surface area contributed by atoms with Gasteiger partial charge in [-0.05, 0) is 81.1 Å². The van der Waals surface area contributed by atoms with Gasteiger partial charge in [0.1, 0.15) is 18.3 Å². The highest BCUT2D eigenvalue weighted by Crippen LogP contribution is 2.26. The Balaban J connectivity index is 1.68. The van der Waals surface area contributed by atoms with Crippen LogP contribution in [0.5, 0.6) is 5.75 Å². The minimum absolute atomic E-state index is 0.0890. The summed E-state index contributed by atoms with van der Waals surface area (Å²) in [5.74, 6) is -0.0530. The Kier molecular flexibility index (Phi) is 9.70. The number of benzene rings is 3. The lowest BCUT2D eigenvalue weighted by Crippen LogP contribution is -2.52. The molecule has 0 radical (unpaired) electrons. The molecule has 0 aliphatic heterocycles. The lowest BCUT2D eigenvalue weighted by molar-refractivity contribution is -0.139. The minimum Gasteiger partial charge on any atom is -0.497 e. The summed E-state index contributed by atoms with van der Waals surface area (Å²) >= 11 is 0. The van der Waals surface area contributed by atoms with Crippen LogP contribution >= 0.6 is 0 Å². The molecule has 9 heteroatoms. The van der Waals surface area contributed by atoms with Gasteiger partial charge >= 0.3 is 0 Å². The maximum Gasteiger partial charge on any atom is 0.264 e. The van der Waals surface area contributed by atoms with Crippen molar-refractivity contribution in [2.24, 2.45) is 0 Å². The van der Waals surface area contributed by atoms with Gasteiger partial charge in [-0.25, -0.2) is 8.42 Å². The summed E-state index contributed by atoms with van der Waals surface area (Å²) in [5, 5.41) is 3.09. The van der Waals surface area contributed by atoms with E-state index < -0.39 is 28.5 Å². The van der Waals surface area contributed by atoms with E-state index in [-0.39, 0.29) is 23.4 Å². The summed E-state index contributed by atoms with van der Waals surface area (Å²) in [6.45, 7) is 5.11. The molecule has 3 aromatic rings. The van der Waals surface area contributed by atoms with Crippen molar-refractivity contribution in [3.63, 3.8) is 0 Å². The SMILES string of the molecule is COc1ccc(CN(C(=O)CN(c2cccc(C)c2)S(=O)(=O)c2ccc(C)cc2)C(C)C(=O)NC2CCCC2)cc1. The molecule has 1 aliphatic carbocycles. The predicted molar refractivity (Wildman–Crippen MR) is 160 cm³/mol. The van der Waals surface area contributed by atoms with Gasteiger partial charge in [-0.3, -0.25) is 13.9 Å². The average molecular weight is 578 g/mol. The number of anilines is 1. The fraction of sp³-hybridized carbons (Fsp3) is 0.375. The molecule has 1 unspecified atom stereocenters. The van der Waals surface area contributed by atoms with Crippen molar-refractivity contribution in [1.29, 1.82) is 0 Å². The molecule has 4 rings (SSSR count). The van der Waals surface area contributed by atoms with Crippen LogP contribution in [0.1, 0.15) is 49.3 Å². The Morgan fingerprint density at radius 1 is 0.951 bits per heavy atom. The Bertz CT molecular complexity index is 1450. The van der Waals surface area contributed by atoms with Crippen molar-refractivity contribution < 1.29 is 22.7 Å².